The van der Waals surface area contributed by atoms with Crippen LogP contribution in [0.2, 0.25) is 0 Å². The van der Waals surface area contributed by atoms with E-state index in [0.717, 1.165) is 6.42 Å². The second-order valence-electron chi connectivity index (χ2n) is 5.55. The van der Waals surface area contributed by atoms with Gasteiger partial charge >= 0.3 is 0 Å². The summed E-state index contributed by atoms with van der Waals surface area (Å²) < 4.78 is 19.6. The van der Waals surface area contributed by atoms with Gasteiger partial charge in [0.25, 0.3) is 5.91 Å². The molecule has 0 heterocycles. The molecule has 1 aliphatic carbocycles. The first-order valence-electron chi connectivity index (χ1n) is 7.43. The van der Waals surface area contributed by atoms with Crippen molar-refractivity contribution in [1.29, 1.82) is 0 Å². The second kappa shape index (κ2) is 7.90. The number of carbonyl (C=O) groups excluding carboxylic acids is 1. The van der Waals surface area contributed by atoms with Gasteiger partial charge in [-0.05, 0) is 52.9 Å². The van der Waals surface area contributed by atoms with E-state index >= 15 is 0 Å². The molecule has 1 aromatic rings. The number of ether oxygens (including phenoxy) is 1. The number of amides is 1. The number of hydrogen-bond acceptors (Lipinski definition) is 2. The summed E-state index contributed by atoms with van der Waals surface area (Å²) in [7, 11) is 0. The fourth-order valence-electron chi connectivity index (χ4n) is 2.67. The molecule has 2 atom stereocenters. The van der Waals surface area contributed by atoms with Crippen LogP contribution < -0.4 is 5.32 Å². The molecule has 1 fully saturated rings. The molecular weight excluding hydrogens is 337 g/mol. The van der Waals surface area contributed by atoms with Gasteiger partial charge in [0, 0.05) is 11.0 Å². The predicted octanol–water partition coefficient (Wildman–Crippen LogP) is 3.91. The van der Waals surface area contributed by atoms with E-state index in [4.69, 9.17) is 4.74 Å². The molecule has 1 aliphatic rings. The van der Waals surface area contributed by atoms with Crippen LogP contribution >= 0.6 is 15.9 Å². The molecule has 21 heavy (non-hydrogen) atoms. The van der Waals surface area contributed by atoms with Gasteiger partial charge in [-0.2, -0.15) is 0 Å². The van der Waals surface area contributed by atoms with Gasteiger partial charge in [0.1, 0.15) is 5.82 Å². The van der Waals surface area contributed by atoms with Crippen LogP contribution in [0.4, 0.5) is 4.39 Å². The van der Waals surface area contributed by atoms with Crippen LogP contribution in [0.3, 0.4) is 0 Å². The van der Waals surface area contributed by atoms with Crippen LogP contribution in [-0.2, 0) is 4.74 Å². The highest BCUT2D eigenvalue weighted by atomic mass is 79.9. The van der Waals surface area contributed by atoms with Gasteiger partial charge in [-0.15, -0.1) is 0 Å². The molecule has 1 aromatic carbocycles. The number of nitrogens with one attached hydrogen (secondary N) is 1. The molecule has 0 aromatic heterocycles. The summed E-state index contributed by atoms with van der Waals surface area (Å²) in [6.07, 6.45) is 5.12. The molecule has 0 bridgehead atoms. The molecule has 0 saturated heterocycles. The van der Waals surface area contributed by atoms with Gasteiger partial charge in [0.05, 0.1) is 18.3 Å². The highest BCUT2D eigenvalue weighted by Gasteiger charge is 2.21. The molecule has 0 unspecified atom stereocenters. The van der Waals surface area contributed by atoms with E-state index < -0.39 is 5.82 Å². The van der Waals surface area contributed by atoms with Crippen LogP contribution in [0.15, 0.2) is 22.7 Å². The Labute approximate surface area is 133 Å². The van der Waals surface area contributed by atoms with Crippen molar-refractivity contribution in [2.24, 2.45) is 5.92 Å². The highest BCUT2D eigenvalue weighted by molar-refractivity contribution is 9.10. The number of carbonyl (C=O) groups is 1. The van der Waals surface area contributed by atoms with E-state index in [1.165, 1.54) is 37.5 Å². The van der Waals surface area contributed by atoms with Crippen LogP contribution in [0, 0.1) is 11.7 Å². The van der Waals surface area contributed by atoms with E-state index in [-0.39, 0.29) is 5.91 Å². The second-order valence-corrected chi connectivity index (χ2v) is 6.41. The summed E-state index contributed by atoms with van der Waals surface area (Å²) in [5, 5.41) is 2.76. The fourth-order valence-corrected chi connectivity index (χ4v) is 3.10. The number of hydrogen-bond donors (Lipinski definition) is 1. The lowest BCUT2D eigenvalue weighted by Crippen LogP contribution is -2.32. The molecule has 0 spiro atoms. The molecule has 0 radical (unpaired) electrons. The Kier molecular flexibility index (Phi) is 6.18. The molecular formula is C16H21BrFNO2. The average Bonchev–Trinajstić information content (AvgIpc) is 2.47. The summed E-state index contributed by atoms with van der Waals surface area (Å²) in [5.41, 5.74) is 0.307. The first-order chi connectivity index (χ1) is 10.1. The SMILES string of the molecule is C[C@H]1CCCC[C@H]1OCCNC(=O)c1cc(F)ccc1Br. The third-order valence-electron chi connectivity index (χ3n) is 3.93. The van der Waals surface area contributed by atoms with Crippen molar-refractivity contribution < 1.29 is 13.9 Å². The summed E-state index contributed by atoms with van der Waals surface area (Å²) in [4.78, 5) is 12.0. The van der Waals surface area contributed by atoms with Crippen molar-refractivity contribution in [1.82, 2.24) is 5.32 Å². The third kappa shape index (κ3) is 4.78. The minimum atomic E-state index is -0.421. The highest BCUT2D eigenvalue weighted by Crippen LogP contribution is 2.26. The Bertz CT molecular complexity index is 495. The molecule has 5 heteroatoms. The van der Waals surface area contributed by atoms with Crippen molar-refractivity contribution in [3.63, 3.8) is 0 Å². The topological polar surface area (TPSA) is 38.3 Å². The van der Waals surface area contributed by atoms with Crippen molar-refractivity contribution in [2.45, 2.75) is 38.7 Å². The van der Waals surface area contributed by atoms with Crippen LogP contribution in [0.25, 0.3) is 0 Å². The summed E-state index contributed by atoms with van der Waals surface area (Å²) in [6.45, 7) is 3.14. The molecule has 116 valence electrons. The van der Waals surface area contributed by atoms with Gasteiger partial charge in [-0.25, -0.2) is 4.39 Å². The van der Waals surface area contributed by atoms with Gasteiger partial charge in [-0.3, -0.25) is 4.79 Å². The van der Waals surface area contributed by atoms with Crippen molar-refractivity contribution >= 4 is 21.8 Å². The summed E-state index contributed by atoms with van der Waals surface area (Å²) in [5.74, 6) is -0.121. The monoisotopic (exact) mass is 357 g/mol. The predicted molar refractivity (Wildman–Crippen MR) is 83.8 cm³/mol. The largest absolute Gasteiger partial charge is 0.376 e. The molecule has 2 rings (SSSR count). The zero-order valence-electron chi connectivity index (χ0n) is 12.2. The Morgan fingerprint density at radius 3 is 2.95 bits per heavy atom. The number of halogens is 2. The summed E-state index contributed by atoms with van der Waals surface area (Å²) >= 11 is 3.25. The molecule has 1 N–H and O–H groups in total. The number of benzene rings is 1. The van der Waals surface area contributed by atoms with Crippen molar-refractivity contribution in [3.8, 4) is 0 Å². The lowest BCUT2D eigenvalue weighted by atomic mass is 9.88. The maximum absolute atomic E-state index is 13.2. The van der Waals surface area contributed by atoms with Crippen LogP contribution in [-0.4, -0.2) is 25.2 Å². The molecule has 1 saturated carbocycles. The Balaban J connectivity index is 1.75. The Hall–Kier alpha value is -0.940. The first-order valence-corrected chi connectivity index (χ1v) is 8.22. The molecule has 1 amide bonds. The van der Waals surface area contributed by atoms with Gasteiger partial charge < -0.3 is 10.1 Å². The van der Waals surface area contributed by atoms with E-state index in [0.29, 0.717) is 35.2 Å². The van der Waals surface area contributed by atoms with Gasteiger partial charge in [-0.1, -0.05) is 19.8 Å². The Morgan fingerprint density at radius 1 is 1.43 bits per heavy atom. The van der Waals surface area contributed by atoms with Crippen molar-refractivity contribution in [2.75, 3.05) is 13.2 Å². The van der Waals surface area contributed by atoms with E-state index in [9.17, 15) is 9.18 Å². The molecule has 0 aliphatic heterocycles. The fraction of sp³-hybridized carbons (Fsp3) is 0.562. The zero-order chi connectivity index (χ0) is 15.2. The maximum Gasteiger partial charge on any atom is 0.252 e. The standard InChI is InChI=1S/C16H21BrFNO2/c1-11-4-2-3-5-15(11)21-9-8-19-16(20)13-10-12(18)6-7-14(13)17/h6-7,10-11,15H,2-5,8-9H2,1H3,(H,19,20)/t11-,15+/m0/s1. The average molecular weight is 358 g/mol. The molecule has 3 nitrogen and oxygen atoms in total. The van der Waals surface area contributed by atoms with Gasteiger partial charge in [0.15, 0.2) is 0 Å². The minimum Gasteiger partial charge on any atom is -0.376 e. The normalized spacial score (nSPS) is 22.0. The number of rotatable bonds is 5. The van der Waals surface area contributed by atoms with E-state index in [2.05, 4.69) is 28.2 Å². The first kappa shape index (κ1) is 16.4. The quantitative estimate of drug-likeness (QED) is 0.811. The smallest absolute Gasteiger partial charge is 0.252 e. The van der Waals surface area contributed by atoms with E-state index in [1.807, 2.05) is 0 Å². The lowest BCUT2D eigenvalue weighted by Gasteiger charge is -2.28. The Morgan fingerprint density at radius 2 is 2.19 bits per heavy atom. The van der Waals surface area contributed by atoms with E-state index in [1.54, 1.807) is 0 Å². The van der Waals surface area contributed by atoms with Gasteiger partial charge in [0.2, 0.25) is 0 Å². The summed E-state index contributed by atoms with van der Waals surface area (Å²) in [6, 6.07) is 4.07. The van der Waals surface area contributed by atoms with Crippen LogP contribution in [0.1, 0.15) is 43.0 Å². The lowest BCUT2D eigenvalue weighted by molar-refractivity contribution is -0.00294. The zero-order valence-corrected chi connectivity index (χ0v) is 13.8. The van der Waals surface area contributed by atoms with Crippen LogP contribution in [0.5, 0.6) is 0 Å². The maximum atomic E-state index is 13.2. The minimum absolute atomic E-state index is 0.290. The van der Waals surface area contributed by atoms with Crippen molar-refractivity contribution in [3.05, 3.63) is 34.1 Å². The third-order valence-corrected chi connectivity index (χ3v) is 4.62.